The van der Waals surface area contributed by atoms with Gasteiger partial charge in [-0.15, -0.1) is 0 Å². The number of hydrogen-bond acceptors (Lipinski definition) is 3. The molecule has 3 nitrogen and oxygen atoms in total. The lowest BCUT2D eigenvalue weighted by Crippen LogP contribution is -2.46. The summed E-state index contributed by atoms with van der Waals surface area (Å²) in [7, 11) is -3.03. The number of rotatable bonds is 5. The smallest absolute Gasteiger partial charge is 0.154 e. The number of fused-ring (bicyclic) bond motifs is 3. The summed E-state index contributed by atoms with van der Waals surface area (Å²) in [5.74, 6) is 1.26. The van der Waals surface area contributed by atoms with Crippen LogP contribution in [-0.2, 0) is 14.6 Å². The molecule has 4 aliphatic rings. The van der Waals surface area contributed by atoms with Gasteiger partial charge in [0.1, 0.15) is 5.60 Å². The fourth-order valence-corrected chi connectivity index (χ4v) is 9.94. The maximum atomic E-state index is 13.5. The van der Waals surface area contributed by atoms with E-state index in [0.717, 1.165) is 44.9 Å². The molecule has 2 saturated carbocycles. The molecule has 4 heteroatoms. The van der Waals surface area contributed by atoms with Crippen LogP contribution >= 0.6 is 0 Å². The molecule has 2 unspecified atom stereocenters. The van der Waals surface area contributed by atoms with Gasteiger partial charge in [0, 0.05) is 11.3 Å². The van der Waals surface area contributed by atoms with Crippen LogP contribution in [0.4, 0.5) is 0 Å². The Morgan fingerprint density at radius 1 is 0.962 bits per heavy atom. The summed E-state index contributed by atoms with van der Waals surface area (Å²) in [4.78, 5) is 0. The first-order valence-corrected chi connectivity index (χ1v) is 13.1. The number of sulfone groups is 1. The molecule has 0 bridgehead atoms. The molecular weight excluding hydrogens is 344 g/mol. The standard InChI is InChI=1S/C22H38O3S/c1-3-5-15-21(4-2)16-26(23,24)19-14-10-9-13-18(19)22(20(21)25-22)17-11-7-6-8-12-17/h17-20H,3-16H2,1-2H3/t18?,19?,20-,21+,22+/m0/s1. The Hall–Kier alpha value is -0.0900. The van der Waals surface area contributed by atoms with E-state index in [1.807, 2.05) is 0 Å². The van der Waals surface area contributed by atoms with Crippen LogP contribution in [0.5, 0.6) is 0 Å². The molecule has 0 aromatic carbocycles. The molecule has 0 amide bonds. The molecule has 26 heavy (non-hydrogen) atoms. The summed E-state index contributed by atoms with van der Waals surface area (Å²) in [6.07, 6.45) is 15.1. The Bertz CT molecular complexity index is 609. The van der Waals surface area contributed by atoms with Gasteiger partial charge in [0.25, 0.3) is 0 Å². The highest BCUT2D eigenvalue weighted by Gasteiger charge is 2.75. The van der Waals surface area contributed by atoms with Crippen molar-refractivity contribution >= 4 is 9.84 Å². The van der Waals surface area contributed by atoms with Gasteiger partial charge in [-0.25, -0.2) is 8.42 Å². The van der Waals surface area contributed by atoms with Crippen LogP contribution in [0.1, 0.15) is 97.3 Å². The molecule has 4 rings (SSSR count). The second-order valence-electron chi connectivity index (χ2n) is 9.74. The van der Waals surface area contributed by atoms with Gasteiger partial charge in [-0.3, -0.25) is 0 Å². The molecule has 2 saturated heterocycles. The molecule has 0 radical (unpaired) electrons. The Morgan fingerprint density at radius 2 is 1.65 bits per heavy atom. The average Bonchev–Trinajstić information content (AvgIpc) is 3.43. The third kappa shape index (κ3) is 2.89. The monoisotopic (exact) mass is 382 g/mol. The number of unbranched alkanes of at least 4 members (excludes halogenated alkanes) is 1. The fourth-order valence-electron chi connectivity index (χ4n) is 7.04. The third-order valence-corrected chi connectivity index (χ3v) is 10.9. The van der Waals surface area contributed by atoms with E-state index in [1.54, 1.807) is 0 Å². The van der Waals surface area contributed by atoms with Gasteiger partial charge in [-0.05, 0) is 44.4 Å². The molecule has 0 aromatic heterocycles. The van der Waals surface area contributed by atoms with Crippen molar-refractivity contribution in [3.8, 4) is 0 Å². The lowest BCUT2D eigenvalue weighted by Gasteiger charge is -2.39. The molecule has 0 spiro atoms. The van der Waals surface area contributed by atoms with E-state index < -0.39 is 9.84 Å². The minimum absolute atomic E-state index is 0.0984. The van der Waals surface area contributed by atoms with Crippen LogP contribution in [-0.4, -0.2) is 31.1 Å². The van der Waals surface area contributed by atoms with E-state index in [0.29, 0.717) is 11.7 Å². The lowest BCUT2D eigenvalue weighted by molar-refractivity contribution is 0.0917. The van der Waals surface area contributed by atoms with Crippen LogP contribution in [0, 0.1) is 17.3 Å². The summed E-state index contributed by atoms with van der Waals surface area (Å²) >= 11 is 0. The zero-order chi connectivity index (χ0) is 18.4. The van der Waals surface area contributed by atoms with E-state index in [2.05, 4.69) is 13.8 Å². The first-order valence-electron chi connectivity index (χ1n) is 11.4. The molecule has 0 aromatic rings. The first kappa shape index (κ1) is 19.2. The summed E-state index contributed by atoms with van der Waals surface area (Å²) in [6.45, 7) is 4.43. The van der Waals surface area contributed by atoms with Gasteiger partial charge >= 0.3 is 0 Å². The van der Waals surface area contributed by atoms with Crippen LogP contribution in [0.15, 0.2) is 0 Å². The van der Waals surface area contributed by atoms with Crippen LogP contribution in [0.2, 0.25) is 0 Å². The van der Waals surface area contributed by atoms with E-state index in [9.17, 15) is 8.42 Å². The van der Waals surface area contributed by atoms with Gasteiger partial charge in [0.15, 0.2) is 9.84 Å². The van der Waals surface area contributed by atoms with Crippen molar-refractivity contribution < 1.29 is 13.2 Å². The summed E-state index contributed by atoms with van der Waals surface area (Å²) in [5.41, 5.74) is -0.234. The van der Waals surface area contributed by atoms with E-state index in [-0.39, 0.29) is 28.3 Å². The number of hydrogen-bond donors (Lipinski definition) is 0. The fraction of sp³-hybridized carbons (Fsp3) is 1.00. The van der Waals surface area contributed by atoms with Crippen molar-refractivity contribution in [3.05, 3.63) is 0 Å². The summed E-state index contributed by atoms with van der Waals surface area (Å²) in [6, 6.07) is 0. The van der Waals surface area contributed by atoms with Crippen LogP contribution < -0.4 is 0 Å². The van der Waals surface area contributed by atoms with Crippen molar-refractivity contribution in [1.29, 1.82) is 0 Å². The Labute approximate surface area is 160 Å². The molecule has 4 fully saturated rings. The zero-order valence-electron chi connectivity index (χ0n) is 16.8. The highest BCUT2D eigenvalue weighted by molar-refractivity contribution is 7.92. The summed E-state index contributed by atoms with van der Waals surface area (Å²) < 4.78 is 33.8. The van der Waals surface area contributed by atoms with Crippen LogP contribution in [0.3, 0.4) is 0 Å². The van der Waals surface area contributed by atoms with Gasteiger partial charge in [-0.2, -0.15) is 0 Å². The maximum Gasteiger partial charge on any atom is 0.154 e. The van der Waals surface area contributed by atoms with E-state index in [1.165, 1.54) is 38.5 Å². The van der Waals surface area contributed by atoms with E-state index in [4.69, 9.17) is 4.74 Å². The highest BCUT2D eigenvalue weighted by atomic mass is 32.2. The minimum atomic E-state index is -3.03. The second-order valence-corrected chi connectivity index (χ2v) is 12.0. The topological polar surface area (TPSA) is 46.7 Å². The predicted molar refractivity (Wildman–Crippen MR) is 106 cm³/mol. The normalized spacial score (nSPS) is 45.4. The van der Waals surface area contributed by atoms with Gasteiger partial charge < -0.3 is 4.74 Å². The number of epoxide rings is 1. The van der Waals surface area contributed by atoms with Crippen molar-refractivity contribution in [2.24, 2.45) is 17.3 Å². The van der Waals surface area contributed by atoms with Crippen molar-refractivity contribution in [1.82, 2.24) is 0 Å². The van der Waals surface area contributed by atoms with Gasteiger partial charge in [0.05, 0.1) is 17.1 Å². The quantitative estimate of drug-likeness (QED) is 0.608. The zero-order valence-corrected chi connectivity index (χ0v) is 17.7. The van der Waals surface area contributed by atoms with Gasteiger partial charge in [0.2, 0.25) is 0 Å². The summed E-state index contributed by atoms with van der Waals surface area (Å²) in [5, 5.41) is -0.127. The molecule has 2 heterocycles. The number of ether oxygens (including phenoxy) is 1. The molecule has 2 aliphatic carbocycles. The van der Waals surface area contributed by atoms with Gasteiger partial charge in [-0.1, -0.05) is 58.8 Å². The lowest BCUT2D eigenvalue weighted by atomic mass is 9.62. The maximum absolute atomic E-state index is 13.5. The van der Waals surface area contributed by atoms with Crippen molar-refractivity contribution in [3.63, 3.8) is 0 Å². The first-order chi connectivity index (χ1) is 12.5. The second kappa shape index (κ2) is 7.06. The Kier molecular flexibility index (Phi) is 5.22. The highest BCUT2D eigenvalue weighted by Crippen LogP contribution is 2.66. The average molecular weight is 383 g/mol. The molecular formula is C22H38O3S. The molecule has 150 valence electrons. The SMILES string of the molecule is CCCC[C@]1(CC)CS(=O)(=O)C2CCCCC2[C@@]2(C3CCCCC3)O[C@@H]12. The molecule has 2 aliphatic heterocycles. The van der Waals surface area contributed by atoms with Crippen LogP contribution in [0.25, 0.3) is 0 Å². The third-order valence-electron chi connectivity index (χ3n) is 8.44. The molecule has 5 atom stereocenters. The minimum Gasteiger partial charge on any atom is -0.365 e. The van der Waals surface area contributed by atoms with Crippen molar-refractivity contribution in [2.45, 2.75) is 114 Å². The predicted octanol–water partition coefficient (Wildman–Crippen LogP) is 5.28. The Morgan fingerprint density at radius 3 is 2.35 bits per heavy atom. The Balaban J connectivity index is 1.77. The molecule has 0 N–H and O–H groups in total. The van der Waals surface area contributed by atoms with Crippen molar-refractivity contribution in [2.75, 3.05) is 5.75 Å². The van der Waals surface area contributed by atoms with E-state index >= 15 is 0 Å². The largest absolute Gasteiger partial charge is 0.365 e.